The molecule has 6 aliphatic rings. The van der Waals surface area contributed by atoms with Gasteiger partial charge < -0.3 is 25.0 Å². The molecule has 4 amide bonds. The van der Waals surface area contributed by atoms with E-state index in [1.54, 1.807) is 24.3 Å². The molecule has 3 aliphatic heterocycles. The Labute approximate surface area is 318 Å². The standard InChI is InChI=1S/C38H48F2N6O8S/c39-38(40)16-8-15-36(17-18-36)22-53-35(50)43-28-12-5-3-1-2-4-9-23-19-37(23,34(49)45-55(51,52)24-13-14-24)44-31(47)25-20-46(33(28)48)21-29(25)54-32-30(38)41-26-10-6-7-11-27(26)42-32/h6-7,10-11,23-25,28-29H,1-5,8-9,12-22H2,(H,43,50)(H,44,47)(H,45,49)/t23-,25?,28+,29+,37-/m1/s1. The van der Waals surface area contributed by atoms with Crippen LogP contribution >= 0.6 is 0 Å². The Morgan fingerprint density at radius 3 is 2.33 bits per heavy atom. The smallest absolute Gasteiger partial charge is 0.407 e. The van der Waals surface area contributed by atoms with Gasteiger partial charge in [-0.1, -0.05) is 44.2 Å². The summed E-state index contributed by atoms with van der Waals surface area (Å²) in [5.41, 5.74) is -2.05. The summed E-state index contributed by atoms with van der Waals surface area (Å²) >= 11 is 0. The fourth-order valence-electron chi connectivity index (χ4n) is 8.53. The van der Waals surface area contributed by atoms with Gasteiger partial charge in [-0.25, -0.2) is 23.2 Å². The number of ether oxygens (including phenoxy) is 2. The van der Waals surface area contributed by atoms with Crippen LogP contribution in [0.5, 0.6) is 5.88 Å². The van der Waals surface area contributed by atoms with E-state index in [0.29, 0.717) is 44.0 Å². The molecule has 5 atom stereocenters. The maximum atomic E-state index is 16.3. The maximum Gasteiger partial charge on any atom is 0.407 e. The molecule has 3 N–H and O–H groups in total. The molecule has 4 heterocycles. The van der Waals surface area contributed by atoms with E-state index in [2.05, 4.69) is 25.3 Å². The largest absolute Gasteiger partial charge is 0.470 e. The molecule has 298 valence electrons. The predicted octanol–water partition coefficient (Wildman–Crippen LogP) is 4.21. The molecule has 4 bridgehead atoms. The lowest BCUT2D eigenvalue weighted by Gasteiger charge is -2.26. The van der Waals surface area contributed by atoms with Gasteiger partial charge in [0.1, 0.15) is 17.7 Å². The molecule has 1 aromatic carbocycles. The summed E-state index contributed by atoms with van der Waals surface area (Å²) < 4.78 is 72.4. The zero-order valence-electron chi connectivity index (χ0n) is 30.7. The fraction of sp³-hybridized carbons (Fsp3) is 0.684. The molecule has 17 heteroatoms. The number of alkyl carbamates (subject to hydrolysis) is 1. The fourth-order valence-corrected chi connectivity index (χ4v) is 9.89. The number of rotatable bonds is 3. The van der Waals surface area contributed by atoms with Gasteiger partial charge >= 0.3 is 6.09 Å². The second-order valence-corrected chi connectivity index (χ2v) is 18.5. The van der Waals surface area contributed by atoms with Crippen molar-refractivity contribution in [1.29, 1.82) is 0 Å². The average molecular weight is 787 g/mol. The first-order valence-electron chi connectivity index (χ1n) is 19.7. The van der Waals surface area contributed by atoms with Crippen molar-refractivity contribution < 1.29 is 45.9 Å². The van der Waals surface area contributed by atoms with Gasteiger partial charge in [0.2, 0.25) is 27.7 Å². The van der Waals surface area contributed by atoms with Crippen LogP contribution in [0, 0.1) is 17.3 Å². The number of carbonyl (C=O) groups excluding carboxylic acids is 4. The number of halogens is 2. The molecule has 1 unspecified atom stereocenters. The molecule has 1 spiro atoms. The third-order valence-corrected chi connectivity index (χ3v) is 14.2. The lowest BCUT2D eigenvalue weighted by Crippen LogP contribution is -2.55. The number of hydrogen-bond donors (Lipinski definition) is 3. The monoisotopic (exact) mass is 786 g/mol. The van der Waals surface area contributed by atoms with Gasteiger partial charge in [-0.05, 0) is 75.8 Å². The molecule has 3 saturated carbocycles. The SMILES string of the molecule is O=C1N[C@H]2CCCCCCC[C@@H]3C[C@@]3(C(=O)NS(=O)(=O)C3CC3)NC(=O)C3CN(C[C@@H]3Oc3nc4ccccc4nc3C(F)(F)CCCC3(CC3)CO1)C2=O. The van der Waals surface area contributed by atoms with E-state index < -0.39 is 92.0 Å². The van der Waals surface area contributed by atoms with Crippen molar-refractivity contribution in [2.24, 2.45) is 17.3 Å². The maximum absolute atomic E-state index is 16.3. The van der Waals surface area contributed by atoms with E-state index >= 15 is 8.78 Å². The van der Waals surface area contributed by atoms with Gasteiger partial charge in [-0.15, -0.1) is 0 Å². The molecule has 0 radical (unpaired) electrons. The highest BCUT2D eigenvalue weighted by Gasteiger charge is 2.62. The number of aromatic nitrogens is 2. The summed E-state index contributed by atoms with van der Waals surface area (Å²) in [7, 11) is -3.92. The minimum absolute atomic E-state index is 0.0434. The Morgan fingerprint density at radius 2 is 1.60 bits per heavy atom. The zero-order chi connectivity index (χ0) is 38.6. The van der Waals surface area contributed by atoms with Crippen LogP contribution in [0.1, 0.15) is 102 Å². The van der Waals surface area contributed by atoms with Gasteiger partial charge in [0, 0.05) is 18.4 Å². The molecule has 3 aliphatic carbocycles. The molecule has 55 heavy (non-hydrogen) atoms. The normalized spacial score (nSPS) is 31.3. The number of cyclic esters (lactones) is 1. The summed E-state index contributed by atoms with van der Waals surface area (Å²) in [6.45, 7) is -0.394. The first-order chi connectivity index (χ1) is 26.3. The van der Waals surface area contributed by atoms with Crippen LogP contribution in [0.15, 0.2) is 24.3 Å². The molecular weight excluding hydrogens is 739 g/mol. The number of hydrogen-bond acceptors (Lipinski definition) is 10. The minimum atomic E-state index is -3.92. The number of alkyl halides is 2. The lowest BCUT2D eigenvalue weighted by molar-refractivity contribution is -0.134. The Kier molecular flexibility index (Phi) is 9.89. The quantitative estimate of drug-likeness (QED) is 0.407. The van der Waals surface area contributed by atoms with Crippen LogP contribution in [0.3, 0.4) is 0 Å². The van der Waals surface area contributed by atoms with Crippen LogP contribution < -0.4 is 20.1 Å². The highest BCUT2D eigenvalue weighted by atomic mass is 32.2. The lowest BCUT2D eigenvalue weighted by atomic mass is 9.97. The summed E-state index contributed by atoms with van der Waals surface area (Å²) in [5, 5.41) is 4.96. The highest BCUT2D eigenvalue weighted by molar-refractivity contribution is 7.91. The number of sulfonamides is 1. The Balaban J connectivity index is 1.16. The Bertz CT molecular complexity index is 1980. The summed E-state index contributed by atoms with van der Waals surface area (Å²) in [5.74, 6) is -7.43. The first kappa shape index (κ1) is 37.8. The first-order valence-corrected chi connectivity index (χ1v) is 21.2. The van der Waals surface area contributed by atoms with E-state index in [1.807, 2.05) is 0 Å². The number of carbonyl (C=O) groups is 4. The van der Waals surface area contributed by atoms with Crippen LogP contribution in [-0.4, -0.2) is 89.7 Å². The van der Waals surface area contributed by atoms with Crippen molar-refractivity contribution in [2.45, 2.75) is 125 Å². The zero-order valence-corrected chi connectivity index (χ0v) is 31.5. The second-order valence-electron chi connectivity index (χ2n) is 16.6. The number of nitrogens with one attached hydrogen (secondary N) is 3. The highest BCUT2D eigenvalue weighted by Crippen LogP contribution is 2.52. The summed E-state index contributed by atoms with van der Waals surface area (Å²) in [6, 6.07) is 5.56. The van der Waals surface area contributed by atoms with Gasteiger partial charge in [-0.2, -0.15) is 8.78 Å². The average Bonchev–Trinajstić information content (AvgIpc) is 4.07. The van der Waals surface area contributed by atoms with Crippen molar-refractivity contribution >= 4 is 44.9 Å². The number of fused-ring (bicyclic) bond motifs is 7. The third kappa shape index (κ3) is 7.95. The molecule has 2 saturated heterocycles. The predicted molar refractivity (Wildman–Crippen MR) is 193 cm³/mol. The van der Waals surface area contributed by atoms with E-state index in [4.69, 9.17) is 9.47 Å². The van der Waals surface area contributed by atoms with Gasteiger partial charge in [-0.3, -0.25) is 19.1 Å². The van der Waals surface area contributed by atoms with E-state index in [-0.39, 0.29) is 44.0 Å². The molecular formula is C38H48F2N6O8S. The van der Waals surface area contributed by atoms with Crippen molar-refractivity contribution in [3.8, 4) is 5.88 Å². The number of amides is 4. The van der Waals surface area contributed by atoms with E-state index in [1.165, 1.54) is 4.90 Å². The van der Waals surface area contributed by atoms with Crippen LogP contribution in [-0.2, 0) is 35.1 Å². The van der Waals surface area contributed by atoms with E-state index in [0.717, 1.165) is 38.5 Å². The minimum Gasteiger partial charge on any atom is -0.470 e. The molecule has 5 fully saturated rings. The number of nitrogens with zero attached hydrogens (tertiary/aromatic N) is 3. The Hall–Kier alpha value is -4.15. The van der Waals surface area contributed by atoms with Crippen molar-refractivity contribution in [3.05, 3.63) is 30.0 Å². The molecule has 2 aromatic rings. The van der Waals surface area contributed by atoms with Gasteiger partial charge in [0.15, 0.2) is 5.69 Å². The van der Waals surface area contributed by atoms with Gasteiger partial charge in [0.25, 0.3) is 11.8 Å². The van der Waals surface area contributed by atoms with Crippen molar-refractivity contribution in [3.63, 3.8) is 0 Å². The van der Waals surface area contributed by atoms with Crippen molar-refractivity contribution in [2.75, 3.05) is 19.7 Å². The topological polar surface area (TPSA) is 186 Å². The molecule has 8 rings (SSSR count). The van der Waals surface area contributed by atoms with Crippen LogP contribution in [0.4, 0.5) is 13.6 Å². The number of benzene rings is 1. The molecule has 14 nitrogen and oxygen atoms in total. The number of para-hydroxylation sites is 2. The van der Waals surface area contributed by atoms with E-state index in [9.17, 15) is 27.6 Å². The third-order valence-electron chi connectivity index (χ3n) is 12.4. The van der Waals surface area contributed by atoms with Gasteiger partial charge in [0.05, 0.1) is 35.4 Å². The molecule has 1 aromatic heterocycles. The van der Waals surface area contributed by atoms with Crippen LogP contribution in [0.2, 0.25) is 0 Å². The van der Waals surface area contributed by atoms with Crippen LogP contribution in [0.25, 0.3) is 11.0 Å². The Morgan fingerprint density at radius 1 is 0.891 bits per heavy atom. The van der Waals surface area contributed by atoms with Crippen molar-refractivity contribution in [1.82, 2.24) is 30.2 Å². The second kappa shape index (κ2) is 14.4. The summed E-state index contributed by atoms with van der Waals surface area (Å²) in [4.78, 5) is 65.8. The summed E-state index contributed by atoms with van der Waals surface area (Å²) in [6.07, 6.45) is 5.24.